The number of carbonyl (C=O) groups excluding carboxylic acids is 2. The van der Waals surface area contributed by atoms with Crippen LogP contribution in [0.4, 0.5) is 5.69 Å². The molecule has 1 N–H and O–H groups in total. The van der Waals surface area contributed by atoms with E-state index in [4.69, 9.17) is 9.47 Å². The molecule has 0 heterocycles. The zero-order chi connectivity index (χ0) is 17.4. The lowest BCUT2D eigenvalue weighted by Gasteiger charge is -2.09. The molecule has 0 saturated heterocycles. The lowest BCUT2D eigenvalue weighted by molar-refractivity contribution is -0.147. The summed E-state index contributed by atoms with van der Waals surface area (Å²) < 4.78 is 11.4. The van der Waals surface area contributed by atoms with Crippen LogP contribution < -0.4 is 10.1 Å². The Balaban J connectivity index is 1.68. The van der Waals surface area contributed by atoms with Gasteiger partial charge in [0.15, 0.2) is 6.61 Å². The van der Waals surface area contributed by atoms with E-state index in [0.717, 1.165) is 14.9 Å². The van der Waals surface area contributed by atoms with E-state index in [1.165, 1.54) is 0 Å². The van der Waals surface area contributed by atoms with Crippen LogP contribution in [0.3, 0.4) is 0 Å². The number of esters is 1. The van der Waals surface area contributed by atoms with Crippen LogP contribution in [-0.2, 0) is 14.3 Å². The molecule has 126 valence electrons. The molecule has 0 aliphatic heterocycles. The Morgan fingerprint density at radius 3 is 2.54 bits per heavy atom. The molecule has 6 heteroatoms. The molecule has 0 bridgehead atoms. The maximum Gasteiger partial charge on any atom is 0.309 e. The van der Waals surface area contributed by atoms with Crippen LogP contribution in [0.5, 0.6) is 5.75 Å². The van der Waals surface area contributed by atoms with Gasteiger partial charge in [-0.3, -0.25) is 9.59 Å². The fourth-order valence-electron chi connectivity index (χ4n) is 1.93. The standard InChI is InChI=1S/C18H18INO4/c1-13-6-2-5-9-16(13)23-11-10-18(22)24-12-17(21)20-15-8-4-3-7-14(15)19/h2-9H,10-12H2,1H3,(H,20,21). The predicted octanol–water partition coefficient (Wildman–Crippen LogP) is 3.55. The Bertz CT molecular complexity index is 718. The molecular formula is C18H18INO4. The van der Waals surface area contributed by atoms with E-state index in [9.17, 15) is 9.59 Å². The van der Waals surface area contributed by atoms with Gasteiger partial charge in [0.2, 0.25) is 0 Å². The third kappa shape index (κ3) is 5.84. The summed E-state index contributed by atoms with van der Waals surface area (Å²) in [6, 6.07) is 14.9. The van der Waals surface area contributed by atoms with Crippen molar-refractivity contribution < 1.29 is 19.1 Å². The number of benzene rings is 2. The van der Waals surface area contributed by atoms with Gasteiger partial charge in [0.1, 0.15) is 5.75 Å². The zero-order valence-corrected chi connectivity index (χ0v) is 15.4. The molecule has 24 heavy (non-hydrogen) atoms. The number of nitrogens with one attached hydrogen (secondary N) is 1. The van der Waals surface area contributed by atoms with Crippen LogP contribution >= 0.6 is 22.6 Å². The third-order valence-corrected chi connectivity index (χ3v) is 4.11. The van der Waals surface area contributed by atoms with E-state index >= 15 is 0 Å². The molecule has 0 fully saturated rings. The highest BCUT2D eigenvalue weighted by Gasteiger charge is 2.09. The minimum absolute atomic E-state index is 0.0878. The molecule has 0 aliphatic carbocycles. The second kappa shape index (κ2) is 9.27. The first-order valence-electron chi connectivity index (χ1n) is 7.44. The molecule has 0 radical (unpaired) electrons. The Hall–Kier alpha value is -2.09. The molecule has 2 aromatic carbocycles. The number of hydrogen-bond donors (Lipinski definition) is 1. The Labute approximate surface area is 154 Å². The molecule has 0 saturated carbocycles. The van der Waals surface area contributed by atoms with Crippen molar-refractivity contribution in [2.45, 2.75) is 13.3 Å². The Morgan fingerprint density at radius 2 is 1.79 bits per heavy atom. The van der Waals surface area contributed by atoms with Gasteiger partial charge >= 0.3 is 5.97 Å². The average Bonchev–Trinajstić information content (AvgIpc) is 2.57. The van der Waals surface area contributed by atoms with Crippen LogP contribution in [0, 0.1) is 10.5 Å². The van der Waals surface area contributed by atoms with E-state index < -0.39 is 5.97 Å². The van der Waals surface area contributed by atoms with Gasteiger partial charge in [-0.15, -0.1) is 0 Å². The fourth-order valence-corrected chi connectivity index (χ4v) is 2.45. The van der Waals surface area contributed by atoms with Gasteiger partial charge in [-0.1, -0.05) is 30.3 Å². The van der Waals surface area contributed by atoms with Crippen molar-refractivity contribution in [1.82, 2.24) is 0 Å². The van der Waals surface area contributed by atoms with Crippen LogP contribution in [0.25, 0.3) is 0 Å². The minimum atomic E-state index is -0.471. The molecule has 2 aromatic rings. The highest BCUT2D eigenvalue weighted by atomic mass is 127. The molecular weight excluding hydrogens is 421 g/mol. The van der Waals surface area contributed by atoms with Gasteiger partial charge in [0, 0.05) is 3.57 Å². The molecule has 0 atom stereocenters. The number of anilines is 1. The van der Waals surface area contributed by atoms with Crippen LogP contribution in [0.2, 0.25) is 0 Å². The van der Waals surface area contributed by atoms with Gasteiger partial charge in [0.25, 0.3) is 5.91 Å². The number of rotatable bonds is 7. The van der Waals surface area contributed by atoms with E-state index in [-0.39, 0.29) is 25.5 Å². The monoisotopic (exact) mass is 439 g/mol. The minimum Gasteiger partial charge on any atom is -0.493 e. The summed E-state index contributed by atoms with van der Waals surface area (Å²) >= 11 is 2.12. The smallest absolute Gasteiger partial charge is 0.309 e. The molecule has 0 aromatic heterocycles. The van der Waals surface area contributed by atoms with Crippen LogP contribution in [0.1, 0.15) is 12.0 Å². The summed E-state index contributed by atoms with van der Waals surface area (Å²) in [6.45, 7) is 1.83. The molecule has 1 amide bonds. The van der Waals surface area contributed by atoms with Crippen molar-refractivity contribution in [3.8, 4) is 5.75 Å². The maximum atomic E-state index is 11.8. The highest BCUT2D eigenvalue weighted by Crippen LogP contribution is 2.17. The molecule has 0 spiro atoms. The molecule has 5 nitrogen and oxygen atoms in total. The average molecular weight is 439 g/mol. The van der Waals surface area contributed by atoms with E-state index in [2.05, 4.69) is 27.9 Å². The number of hydrogen-bond acceptors (Lipinski definition) is 4. The third-order valence-electron chi connectivity index (χ3n) is 3.17. The van der Waals surface area contributed by atoms with E-state index in [1.54, 1.807) is 6.07 Å². The quantitative estimate of drug-likeness (QED) is 0.530. The fraction of sp³-hybridized carbons (Fsp3) is 0.222. The van der Waals surface area contributed by atoms with Gasteiger partial charge in [-0.25, -0.2) is 0 Å². The van der Waals surface area contributed by atoms with E-state index in [1.807, 2.05) is 49.4 Å². The molecule has 0 aliphatic rings. The van der Waals surface area contributed by atoms with Crippen LogP contribution in [0.15, 0.2) is 48.5 Å². The summed E-state index contributed by atoms with van der Waals surface area (Å²) in [5, 5.41) is 2.70. The summed E-state index contributed by atoms with van der Waals surface area (Å²) in [4.78, 5) is 23.4. The highest BCUT2D eigenvalue weighted by molar-refractivity contribution is 14.1. The lowest BCUT2D eigenvalue weighted by Crippen LogP contribution is -2.22. The topological polar surface area (TPSA) is 64.6 Å². The van der Waals surface area contributed by atoms with Crippen LogP contribution in [-0.4, -0.2) is 25.1 Å². The van der Waals surface area contributed by atoms with Gasteiger partial charge in [0.05, 0.1) is 18.7 Å². The first-order valence-corrected chi connectivity index (χ1v) is 8.52. The maximum absolute atomic E-state index is 11.8. The number of halogens is 1. The predicted molar refractivity (Wildman–Crippen MR) is 100 cm³/mol. The van der Waals surface area contributed by atoms with Crippen molar-refractivity contribution in [2.75, 3.05) is 18.5 Å². The molecule has 0 unspecified atom stereocenters. The van der Waals surface area contributed by atoms with Crippen molar-refractivity contribution in [1.29, 1.82) is 0 Å². The van der Waals surface area contributed by atoms with E-state index in [0.29, 0.717) is 5.69 Å². The second-order valence-electron chi connectivity index (χ2n) is 5.05. The Kier molecular flexibility index (Phi) is 7.05. The van der Waals surface area contributed by atoms with Gasteiger partial charge in [-0.2, -0.15) is 0 Å². The summed E-state index contributed by atoms with van der Waals surface area (Å²) in [5.74, 6) is -0.101. The van der Waals surface area contributed by atoms with Crippen molar-refractivity contribution in [3.05, 3.63) is 57.7 Å². The number of amides is 1. The van der Waals surface area contributed by atoms with Gasteiger partial charge < -0.3 is 14.8 Å². The van der Waals surface area contributed by atoms with Crippen molar-refractivity contribution in [3.63, 3.8) is 0 Å². The molecule has 2 rings (SSSR count). The summed E-state index contributed by atoms with van der Waals surface area (Å²) in [6.07, 6.45) is 0.0878. The lowest BCUT2D eigenvalue weighted by atomic mass is 10.2. The normalized spacial score (nSPS) is 10.1. The first kappa shape index (κ1) is 18.3. The summed E-state index contributed by atoms with van der Waals surface area (Å²) in [5.41, 5.74) is 1.70. The second-order valence-corrected chi connectivity index (χ2v) is 6.21. The first-order chi connectivity index (χ1) is 11.6. The zero-order valence-electron chi connectivity index (χ0n) is 13.3. The number of carbonyl (C=O) groups is 2. The SMILES string of the molecule is Cc1ccccc1OCCC(=O)OCC(=O)Nc1ccccc1I. The number of aryl methyl sites for hydroxylation is 1. The largest absolute Gasteiger partial charge is 0.493 e. The Morgan fingerprint density at radius 1 is 1.08 bits per heavy atom. The number of para-hydroxylation sites is 2. The van der Waals surface area contributed by atoms with Crippen molar-refractivity contribution in [2.24, 2.45) is 0 Å². The van der Waals surface area contributed by atoms with Crippen molar-refractivity contribution >= 4 is 40.2 Å². The summed E-state index contributed by atoms with van der Waals surface area (Å²) in [7, 11) is 0. The van der Waals surface area contributed by atoms with Gasteiger partial charge in [-0.05, 0) is 53.3 Å². The number of ether oxygens (including phenoxy) is 2.